The second-order valence-corrected chi connectivity index (χ2v) is 11.0. The Labute approximate surface area is 199 Å². The van der Waals surface area contributed by atoms with Crippen molar-refractivity contribution in [1.82, 2.24) is 0 Å². The van der Waals surface area contributed by atoms with Crippen molar-refractivity contribution in [3.8, 4) is 5.75 Å². The molecule has 3 aromatic rings. The number of hydrogen-bond acceptors (Lipinski definition) is 5. The smallest absolute Gasteiger partial charge is 0.343 e. The molecular weight excluding hydrogens is 450 g/mol. The number of sulfonamides is 1. The van der Waals surface area contributed by atoms with Gasteiger partial charge in [0.25, 0.3) is 10.0 Å². The zero-order valence-corrected chi connectivity index (χ0v) is 19.8. The largest absolute Gasteiger partial charge is 0.507 e. The summed E-state index contributed by atoms with van der Waals surface area (Å²) >= 11 is 0. The van der Waals surface area contributed by atoms with Crippen LogP contribution < -0.4 is 10.3 Å². The van der Waals surface area contributed by atoms with E-state index in [1.54, 1.807) is 42.5 Å². The lowest BCUT2D eigenvalue weighted by molar-refractivity contribution is 0.382. The number of nitrogens with one attached hydrogen (secondary N) is 1. The number of fused-ring (bicyclic) bond motifs is 1. The molecule has 2 aliphatic carbocycles. The molecule has 0 spiro atoms. The molecule has 1 atom stereocenters. The van der Waals surface area contributed by atoms with Gasteiger partial charge in [0, 0.05) is 17.9 Å². The van der Waals surface area contributed by atoms with E-state index < -0.39 is 21.6 Å². The Balaban J connectivity index is 1.60. The van der Waals surface area contributed by atoms with Crippen molar-refractivity contribution < 1.29 is 17.9 Å². The molecule has 0 radical (unpaired) electrons. The van der Waals surface area contributed by atoms with E-state index in [9.17, 15) is 18.3 Å². The average Bonchev–Trinajstić information content (AvgIpc) is 3.64. The SMILES string of the molecule is O=c1oc2c(c(O)c1C(c1ccccc1NS(=O)(=O)c1ccccc1)C1CC1)CCCCCC2. The van der Waals surface area contributed by atoms with Crippen LogP contribution in [-0.4, -0.2) is 13.5 Å². The molecule has 1 heterocycles. The van der Waals surface area contributed by atoms with Gasteiger partial charge in [0.1, 0.15) is 11.5 Å². The monoisotopic (exact) mass is 479 g/mol. The summed E-state index contributed by atoms with van der Waals surface area (Å²) in [5.74, 6) is 0.328. The maximum absolute atomic E-state index is 13.2. The maximum atomic E-state index is 13.2. The molecule has 1 fully saturated rings. The summed E-state index contributed by atoms with van der Waals surface area (Å²) in [6.07, 6.45) is 7.19. The van der Waals surface area contributed by atoms with E-state index in [1.165, 1.54) is 0 Å². The average molecular weight is 480 g/mol. The highest BCUT2D eigenvalue weighted by Crippen LogP contribution is 2.50. The van der Waals surface area contributed by atoms with E-state index >= 15 is 0 Å². The van der Waals surface area contributed by atoms with Crippen LogP contribution in [0.4, 0.5) is 5.69 Å². The number of aryl methyl sites for hydroxylation is 1. The Kier molecular flexibility index (Phi) is 6.21. The second-order valence-electron chi connectivity index (χ2n) is 9.29. The van der Waals surface area contributed by atoms with Gasteiger partial charge in [-0.2, -0.15) is 0 Å². The summed E-state index contributed by atoms with van der Waals surface area (Å²) in [7, 11) is -3.81. The van der Waals surface area contributed by atoms with Crippen LogP contribution in [0.5, 0.6) is 5.75 Å². The number of para-hydroxylation sites is 1. The fraction of sp³-hybridized carbons (Fsp3) is 0.370. The molecule has 0 amide bonds. The number of benzene rings is 2. The quantitative estimate of drug-likeness (QED) is 0.497. The van der Waals surface area contributed by atoms with Crippen molar-refractivity contribution in [1.29, 1.82) is 0 Å². The minimum absolute atomic E-state index is 0.0331. The van der Waals surface area contributed by atoms with Gasteiger partial charge in [0.15, 0.2) is 0 Å². The summed E-state index contributed by atoms with van der Waals surface area (Å²) in [5.41, 5.74) is 1.57. The van der Waals surface area contributed by atoms with Crippen molar-refractivity contribution in [2.24, 2.45) is 5.92 Å². The van der Waals surface area contributed by atoms with E-state index in [0.717, 1.165) is 44.1 Å². The van der Waals surface area contributed by atoms with E-state index in [-0.39, 0.29) is 22.1 Å². The Morgan fingerprint density at radius 2 is 1.59 bits per heavy atom. The van der Waals surface area contributed by atoms with Gasteiger partial charge in [0.2, 0.25) is 0 Å². The minimum atomic E-state index is -3.81. The third kappa shape index (κ3) is 4.49. The molecule has 5 rings (SSSR count). The second kappa shape index (κ2) is 9.29. The first-order chi connectivity index (χ1) is 16.5. The van der Waals surface area contributed by atoms with Crippen LogP contribution in [0.1, 0.15) is 66.9 Å². The van der Waals surface area contributed by atoms with Crippen molar-refractivity contribution >= 4 is 15.7 Å². The Morgan fingerprint density at radius 3 is 2.32 bits per heavy atom. The first kappa shape index (κ1) is 22.7. The molecule has 34 heavy (non-hydrogen) atoms. The molecule has 2 aliphatic rings. The van der Waals surface area contributed by atoms with Crippen LogP contribution in [-0.2, 0) is 22.9 Å². The lowest BCUT2D eigenvalue weighted by Crippen LogP contribution is -2.21. The topological polar surface area (TPSA) is 96.6 Å². The van der Waals surface area contributed by atoms with Crippen molar-refractivity contribution in [2.45, 2.75) is 62.2 Å². The zero-order chi connectivity index (χ0) is 23.7. The molecule has 178 valence electrons. The molecule has 1 saturated carbocycles. The lowest BCUT2D eigenvalue weighted by Gasteiger charge is -2.23. The molecule has 1 aromatic heterocycles. The predicted octanol–water partition coefficient (Wildman–Crippen LogP) is 5.35. The fourth-order valence-corrected chi connectivity index (χ4v) is 6.14. The van der Waals surface area contributed by atoms with Crippen LogP contribution >= 0.6 is 0 Å². The number of hydrogen-bond donors (Lipinski definition) is 2. The third-order valence-corrected chi connectivity index (χ3v) is 8.27. The van der Waals surface area contributed by atoms with Gasteiger partial charge < -0.3 is 9.52 Å². The number of aromatic hydroxyl groups is 1. The molecule has 0 bridgehead atoms. The maximum Gasteiger partial charge on any atom is 0.343 e. The molecule has 6 nitrogen and oxygen atoms in total. The standard InChI is InChI=1S/C27H29NO5S/c29-26-21-13-6-1-2-7-15-23(21)33-27(30)25(26)24(18-16-17-18)20-12-8-9-14-22(20)28-34(31,32)19-10-4-3-5-11-19/h3-5,8-12,14,18,24,28-29H,1-2,6-7,13,15-17H2. The van der Waals surface area contributed by atoms with Gasteiger partial charge in [-0.25, -0.2) is 13.2 Å². The Hall–Kier alpha value is -3.06. The first-order valence-electron chi connectivity index (χ1n) is 12.0. The lowest BCUT2D eigenvalue weighted by atomic mass is 9.84. The third-order valence-electron chi connectivity index (χ3n) is 6.89. The van der Waals surface area contributed by atoms with Gasteiger partial charge in [-0.1, -0.05) is 49.2 Å². The summed E-state index contributed by atoms with van der Waals surface area (Å²) in [5, 5.41) is 11.3. The van der Waals surface area contributed by atoms with Gasteiger partial charge in [-0.05, 0) is 61.8 Å². The van der Waals surface area contributed by atoms with Crippen molar-refractivity contribution in [2.75, 3.05) is 4.72 Å². The van der Waals surface area contributed by atoms with Crippen LogP contribution in [0, 0.1) is 5.92 Å². The van der Waals surface area contributed by atoms with Gasteiger partial charge in [-0.3, -0.25) is 4.72 Å². The minimum Gasteiger partial charge on any atom is -0.507 e. The summed E-state index contributed by atoms with van der Waals surface area (Å²) < 4.78 is 34.6. The number of rotatable bonds is 6. The van der Waals surface area contributed by atoms with E-state index in [1.807, 2.05) is 12.1 Å². The molecule has 0 aliphatic heterocycles. The van der Waals surface area contributed by atoms with Crippen molar-refractivity contribution in [3.63, 3.8) is 0 Å². The summed E-state index contributed by atoms with van der Waals surface area (Å²) in [4.78, 5) is 13.4. The Morgan fingerprint density at radius 1 is 0.912 bits per heavy atom. The molecule has 2 aromatic carbocycles. The highest BCUT2D eigenvalue weighted by Gasteiger charge is 2.39. The fourth-order valence-electron chi connectivity index (χ4n) is 5.03. The van der Waals surface area contributed by atoms with Gasteiger partial charge in [-0.15, -0.1) is 0 Å². The van der Waals surface area contributed by atoms with Crippen LogP contribution in [0.2, 0.25) is 0 Å². The molecule has 0 saturated heterocycles. The highest BCUT2D eigenvalue weighted by atomic mass is 32.2. The van der Waals surface area contributed by atoms with Crippen LogP contribution in [0.15, 0.2) is 68.7 Å². The molecular formula is C27H29NO5S. The molecule has 2 N–H and O–H groups in total. The zero-order valence-electron chi connectivity index (χ0n) is 19.0. The van der Waals surface area contributed by atoms with Crippen molar-refractivity contribution in [3.05, 3.63) is 87.5 Å². The van der Waals surface area contributed by atoms with E-state index in [4.69, 9.17) is 4.42 Å². The van der Waals surface area contributed by atoms with Crippen LogP contribution in [0.25, 0.3) is 0 Å². The predicted molar refractivity (Wildman–Crippen MR) is 131 cm³/mol. The van der Waals surface area contributed by atoms with E-state index in [2.05, 4.69) is 4.72 Å². The van der Waals surface area contributed by atoms with E-state index in [0.29, 0.717) is 29.9 Å². The highest BCUT2D eigenvalue weighted by molar-refractivity contribution is 7.92. The Bertz CT molecular complexity index is 1340. The van der Waals surface area contributed by atoms with Gasteiger partial charge in [0.05, 0.1) is 16.1 Å². The normalized spacial score (nSPS) is 17.3. The summed E-state index contributed by atoms with van der Waals surface area (Å²) in [6, 6.07) is 15.3. The number of anilines is 1. The van der Waals surface area contributed by atoms with Gasteiger partial charge >= 0.3 is 5.63 Å². The molecule has 1 unspecified atom stereocenters. The van der Waals surface area contributed by atoms with Crippen LogP contribution in [0.3, 0.4) is 0 Å². The molecule has 7 heteroatoms. The first-order valence-corrected chi connectivity index (χ1v) is 13.5. The summed E-state index contributed by atoms with van der Waals surface area (Å²) in [6.45, 7) is 0.